The van der Waals surface area contributed by atoms with E-state index in [1.54, 1.807) is 12.1 Å². The third kappa shape index (κ3) is 2.05. The van der Waals surface area contributed by atoms with Crippen LogP contribution in [0.1, 0.15) is 17.6 Å². The van der Waals surface area contributed by atoms with Crippen molar-refractivity contribution in [1.82, 2.24) is 0 Å². The van der Waals surface area contributed by atoms with Crippen LogP contribution >= 0.6 is 12.2 Å². The largest absolute Gasteiger partial charge is 0.263 e. The molecular weight excluding hydrogens is 166 g/mol. The van der Waals surface area contributed by atoms with Crippen molar-refractivity contribution < 1.29 is 8.78 Å². The van der Waals surface area contributed by atoms with Gasteiger partial charge in [0.15, 0.2) is 0 Å². The fourth-order valence-corrected chi connectivity index (χ4v) is 0.877. The summed E-state index contributed by atoms with van der Waals surface area (Å²) in [5.41, 5.74) is 0.815. The molecule has 58 valence electrons. The summed E-state index contributed by atoms with van der Waals surface area (Å²) in [5.74, 6) is 0. The van der Waals surface area contributed by atoms with E-state index in [9.17, 15) is 8.78 Å². The molecule has 0 atom stereocenters. The van der Waals surface area contributed by atoms with Gasteiger partial charge < -0.3 is 0 Å². The maximum atomic E-state index is 12.0. The molecule has 1 aromatic carbocycles. The van der Waals surface area contributed by atoms with Gasteiger partial charge in [0.2, 0.25) is 0 Å². The number of benzene rings is 1. The maximum Gasteiger partial charge on any atom is 0.263 e. The standard InChI is InChI=1S/C8H6F2S/c9-8(10)7-3-1-6(5-11)2-4-7/h1-5,8H. The van der Waals surface area contributed by atoms with Crippen molar-refractivity contribution in [3.63, 3.8) is 0 Å². The number of thiocarbonyl (C=S) groups is 1. The molecule has 0 spiro atoms. The summed E-state index contributed by atoms with van der Waals surface area (Å²) in [6.07, 6.45) is -2.39. The molecule has 0 nitrogen and oxygen atoms in total. The van der Waals surface area contributed by atoms with Crippen molar-refractivity contribution in [2.75, 3.05) is 0 Å². The summed E-state index contributed by atoms with van der Waals surface area (Å²) < 4.78 is 23.9. The van der Waals surface area contributed by atoms with Crippen LogP contribution in [0.3, 0.4) is 0 Å². The quantitative estimate of drug-likeness (QED) is 0.618. The van der Waals surface area contributed by atoms with Gasteiger partial charge >= 0.3 is 0 Å². The number of rotatable bonds is 2. The summed E-state index contributed by atoms with van der Waals surface area (Å²) in [6, 6.07) is 5.91. The Labute approximate surface area is 68.9 Å². The predicted molar refractivity (Wildman–Crippen MR) is 44.2 cm³/mol. The fraction of sp³-hybridized carbons (Fsp3) is 0.125. The zero-order chi connectivity index (χ0) is 8.27. The summed E-state index contributed by atoms with van der Waals surface area (Å²) in [6.45, 7) is 0. The van der Waals surface area contributed by atoms with E-state index in [0.717, 1.165) is 5.56 Å². The summed E-state index contributed by atoms with van der Waals surface area (Å²) in [5, 5.41) is 1.45. The van der Waals surface area contributed by atoms with Crippen LogP contribution < -0.4 is 0 Å². The minimum atomic E-state index is -2.39. The van der Waals surface area contributed by atoms with Crippen molar-refractivity contribution in [2.24, 2.45) is 0 Å². The predicted octanol–water partition coefficient (Wildman–Crippen LogP) is 2.97. The highest BCUT2D eigenvalue weighted by Gasteiger charge is 2.04. The second kappa shape index (κ2) is 3.53. The molecule has 0 amide bonds. The lowest BCUT2D eigenvalue weighted by atomic mass is 10.2. The Hall–Kier alpha value is -0.830. The molecule has 0 aliphatic rings. The lowest BCUT2D eigenvalue weighted by Gasteiger charge is -1.97. The van der Waals surface area contributed by atoms with E-state index in [-0.39, 0.29) is 5.56 Å². The van der Waals surface area contributed by atoms with E-state index >= 15 is 0 Å². The smallest absolute Gasteiger partial charge is 0.205 e. The summed E-state index contributed by atoms with van der Waals surface area (Å²) >= 11 is 4.61. The lowest BCUT2D eigenvalue weighted by Crippen LogP contribution is -1.84. The third-order valence-corrected chi connectivity index (χ3v) is 1.60. The van der Waals surface area contributed by atoms with Gasteiger partial charge in [0.25, 0.3) is 6.43 Å². The highest BCUT2D eigenvalue weighted by atomic mass is 32.1. The van der Waals surface area contributed by atoms with Crippen molar-refractivity contribution in [3.8, 4) is 0 Å². The molecule has 0 saturated carbocycles. The number of hydrogen-bond acceptors (Lipinski definition) is 1. The first-order chi connectivity index (χ1) is 5.24. The molecule has 1 aromatic rings. The van der Waals surface area contributed by atoms with Gasteiger partial charge in [-0.1, -0.05) is 36.5 Å². The minimum Gasteiger partial charge on any atom is -0.205 e. The molecule has 0 aliphatic carbocycles. The Balaban J connectivity index is 2.91. The highest BCUT2D eigenvalue weighted by Crippen LogP contribution is 2.17. The molecule has 0 bridgehead atoms. The van der Waals surface area contributed by atoms with Gasteiger partial charge in [0.05, 0.1) is 0 Å². The molecule has 0 fully saturated rings. The Morgan fingerprint density at radius 1 is 1.18 bits per heavy atom. The van der Waals surface area contributed by atoms with Gasteiger partial charge in [0, 0.05) is 10.9 Å². The second-order valence-electron chi connectivity index (χ2n) is 2.09. The molecule has 1 rings (SSSR count). The average molecular weight is 172 g/mol. The molecule has 0 unspecified atom stereocenters. The van der Waals surface area contributed by atoms with Crippen LogP contribution in [0.4, 0.5) is 8.78 Å². The Kier molecular flexibility index (Phi) is 2.65. The van der Waals surface area contributed by atoms with Crippen molar-refractivity contribution in [3.05, 3.63) is 35.4 Å². The monoisotopic (exact) mass is 172 g/mol. The van der Waals surface area contributed by atoms with Gasteiger partial charge in [-0.15, -0.1) is 0 Å². The Morgan fingerprint density at radius 3 is 2.09 bits per heavy atom. The van der Waals surface area contributed by atoms with E-state index < -0.39 is 6.43 Å². The fourth-order valence-electron chi connectivity index (χ4n) is 0.720. The van der Waals surface area contributed by atoms with Crippen LogP contribution in [-0.2, 0) is 0 Å². The van der Waals surface area contributed by atoms with Crippen LogP contribution in [0.2, 0.25) is 0 Å². The third-order valence-electron chi connectivity index (χ3n) is 1.32. The molecule has 0 heterocycles. The molecule has 0 saturated heterocycles. The average Bonchev–Trinajstić information content (AvgIpc) is 2.05. The van der Waals surface area contributed by atoms with Crippen LogP contribution in [0.5, 0.6) is 0 Å². The van der Waals surface area contributed by atoms with E-state index in [1.807, 2.05) is 0 Å². The highest BCUT2D eigenvalue weighted by molar-refractivity contribution is 7.79. The Bertz CT molecular complexity index is 241. The van der Waals surface area contributed by atoms with E-state index in [4.69, 9.17) is 0 Å². The molecule has 0 N–H and O–H groups in total. The molecule has 11 heavy (non-hydrogen) atoms. The normalized spacial score (nSPS) is 10.1. The molecule has 3 heteroatoms. The first-order valence-electron chi connectivity index (χ1n) is 3.07. The van der Waals surface area contributed by atoms with Crippen molar-refractivity contribution >= 4 is 17.6 Å². The summed E-state index contributed by atoms with van der Waals surface area (Å²) in [4.78, 5) is 0. The SMILES string of the molecule is FC(F)c1ccc(C=S)cc1. The summed E-state index contributed by atoms with van der Waals surface area (Å²) in [7, 11) is 0. The molecular formula is C8H6F2S. The van der Waals surface area contributed by atoms with Gasteiger partial charge in [-0.3, -0.25) is 0 Å². The van der Waals surface area contributed by atoms with Crippen LogP contribution in [0.15, 0.2) is 24.3 Å². The van der Waals surface area contributed by atoms with Crippen LogP contribution in [0.25, 0.3) is 0 Å². The minimum absolute atomic E-state index is 0.0330. The topological polar surface area (TPSA) is 0 Å². The van der Waals surface area contributed by atoms with Gasteiger partial charge in [-0.25, -0.2) is 8.78 Å². The second-order valence-corrected chi connectivity index (χ2v) is 2.32. The molecule has 0 aliphatic heterocycles. The van der Waals surface area contributed by atoms with E-state index in [0.29, 0.717) is 0 Å². The molecule has 0 radical (unpaired) electrons. The van der Waals surface area contributed by atoms with E-state index in [1.165, 1.54) is 17.5 Å². The van der Waals surface area contributed by atoms with Crippen molar-refractivity contribution in [1.29, 1.82) is 0 Å². The number of alkyl halides is 2. The van der Waals surface area contributed by atoms with Gasteiger partial charge in [-0.05, 0) is 5.56 Å². The number of hydrogen-bond donors (Lipinski definition) is 0. The van der Waals surface area contributed by atoms with Gasteiger partial charge in [0.1, 0.15) is 0 Å². The van der Waals surface area contributed by atoms with Crippen LogP contribution in [0, 0.1) is 0 Å². The maximum absolute atomic E-state index is 12.0. The first-order valence-corrected chi connectivity index (χ1v) is 3.54. The van der Waals surface area contributed by atoms with Crippen LogP contribution in [-0.4, -0.2) is 5.37 Å². The van der Waals surface area contributed by atoms with Crippen molar-refractivity contribution in [2.45, 2.75) is 6.43 Å². The zero-order valence-corrected chi connectivity index (χ0v) is 6.44. The lowest BCUT2D eigenvalue weighted by molar-refractivity contribution is 0.151. The molecule has 0 aromatic heterocycles. The Morgan fingerprint density at radius 2 is 1.73 bits per heavy atom. The number of halogens is 2. The van der Waals surface area contributed by atoms with Gasteiger partial charge in [-0.2, -0.15) is 0 Å². The van der Waals surface area contributed by atoms with E-state index in [2.05, 4.69) is 12.2 Å². The first kappa shape index (κ1) is 8.27. The zero-order valence-electron chi connectivity index (χ0n) is 5.63.